The maximum Gasteiger partial charge on any atom is 0.408 e. The number of nitrogens with one attached hydrogen (secondary N) is 2. The summed E-state index contributed by atoms with van der Waals surface area (Å²) < 4.78 is 10.6. The monoisotopic (exact) mass is 478 g/mol. The van der Waals surface area contributed by atoms with Crippen LogP contribution in [0.5, 0.6) is 0 Å². The van der Waals surface area contributed by atoms with Gasteiger partial charge in [0.25, 0.3) is 0 Å². The summed E-state index contributed by atoms with van der Waals surface area (Å²) >= 11 is 0. The molecule has 35 heavy (non-hydrogen) atoms. The standard InChI is InChI=1S/C27H30N2O6/c1-34-14-22(23(30)31)28-24(32)27(15-26(16-27)11-6-12-26)29-25(33)35-13-21-19-9-4-2-7-17(19)18-8-3-5-10-20(18)21/h2-5,7-10,21-22H,6,11-16H2,1H3,(H,28,32)(H,29,33)(H,30,31)/t22-/m0/s1. The minimum Gasteiger partial charge on any atom is -0.480 e. The highest BCUT2D eigenvalue weighted by Crippen LogP contribution is 2.60. The number of hydrogen-bond acceptors (Lipinski definition) is 5. The first-order valence-electron chi connectivity index (χ1n) is 12.0. The van der Waals surface area contributed by atoms with E-state index in [1.54, 1.807) is 0 Å². The first-order chi connectivity index (χ1) is 16.9. The lowest BCUT2D eigenvalue weighted by Gasteiger charge is -2.59. The molecule has 0 saturated heterocycles. The zero-order valence-corrected chi connectivity index (χ0v) is 19.7. The van der Waals surface area contributed by atoms with Crippen LogP contribution in [0.2, 0.25) is 0 Å². The second-order valence-corrected chi connectivity index (χ2v) is 10.1. The molecule has 0 aliphatic heterocycles. The summed E-state index contributed by atoms with van der Waals surface area (Å²) in [5.74, 6) is -1.78. The van der Waals surface area contributed by atoms with Gasteiger partial charge in [-0.05, 0) is 53.4 Å². The van der Waals surface area contributed by atoms with Gasteiger partial charge in [0.2, 0.25) is 5.91 Å². The molecule has 0 aromatic heterocycles. The van der Waals surface area contributed by atoms with E-state index < -0.39 is 29.6 Å². The van der Waals surface area contributed by atoms with Crippen LogP contribution in [0.15, 0.2) is 48.5 Å². The molecule has 0 heterocycles. The Balaban J connectivity index is 1.28. The van der Waals surface area contributed by atoms with Gasteiger partial charge in [-0.15, -0.1) is 0 Å². The van der Waals surface area contributed by atoms with Gasteiger partial charge in [-0.25, -0.2) is 9.59 Å². The molecule has 2 aromatic carbocycles. The van der Waals surface area contributed by atoms with E-state index in [1.165, 1.54) is 7.11 Å². The Hall–Kier alpha value is -3.39. The number of methoxy groups -OCH3 is 1. The van der Waals surface area contributed by atoms with Crippen LogP contribution in [0.25, 0.3) is 11.1 Å². The van der Waals surface area contributed by atoms with Crippen molar-refractivity contribution in [1.82, 2.24) is 10.6 Å². The molecule has 3 aliphatic rings. The van der Waals surface area contributed by atoms with Crippen molar-refractivity contribution in [1.29, 1.82) is 0 Å². The predicted octanol–water partition coefficient (Wildman–Crippen LogP) is 3.44. The van der Waals surface area contributed by atoms with E-state index in [4.69, 9.17) is 9.47 Å². The zero-order valence-electron chi connectivity index (χ0n) is 19.7. The Bertz CT molecular complexity index is 1100. The van der Waals surface area contributed by atoms with E-state index in [-0.39, 0.29) is 24.5 Å². The van der Waals surface area contributed by atoms with Crippen LogP contribution in [0, 0.1) is 5.41 Å². The molecular weight excluding hydrogens is 448 g/mol. The van der Waals surface area contributed by atoms with Crippen LogP contribution in [-0.2, 0) is 19.1 Å². The molecule has 3 aliphatic carbocycles. The number of ether oxygens (including phenoxy) is 2. The summed E-state index contributed by atoms with van der Waals surface area (Å²) in [5, 5.41) is 14.8. The predicted molar refractivity (Wildman–Crippen MR) is 128 cm³/mol. The number of carboxylic acids is 1. The van der Waals surface area contributed by atoms with Crippen LogP contribution < -0.4 is 10.6 Å². The van der Waals surface area contributed by atoms with E-state index in [0.717, 1.165) is 41.5 Å². The van der Waals surface area contributed by atoms with Crippen molar-refractivity contribution in [2.45, 2.75) is 49.6 Å². The molecule has 0 bridgehead atoms. The van der Waals surface area contributed by atoms with Gasteiger partial charge < -0.3 is 25.2 Å². The molecule has 0 radical (unpaired) electrons. The van der Waals surface area contributed by atoms with E-state index in [2.05, 4.69) is 22.8 Å². The number of amides is 2. The third-order valence-corrected chi connectivity index (χ3v) is 7.82. The van der Waals surface area contributed by atoms with Crippen molar-refractivity contribution in [3.05, 3.63) is 59.7 Å². The summed E-state index contributed by atoms with van der Waals surface area (Å²) in [6.45, 7) is -0.0165. The van der Waals surface area contributed by atoms with E-state index >= 15 is 0 Å². The molecule has 8 heteroatoms. The van der Waals surface area contributed by atoms with Crippen LogP contribution >= 0.6 is 0 Å². The fourth-order valence-electron chi connectivity index (χ4n) is 6.03. The summed E-state index contributed by atoms with van der Waals surface area (Å²) in [4.78, 5) is 37.7. The average Bonchev–Trinajstić information content (AvgIpc) is 3.12. The number of hydrogen-bond donors (Lipinski definition) is 3. The van der Waals surface area contributed by atoms with Gasteiger partial charge in [0.05, 0.1) is 6.61 Å². The Morgan fingerprint density at radius 1 is 1.03 bits per heavy atom. The van der Waals surface area contributed by atoms with Crippen LogP contribution in [-0.4, -0.2) is 55.0 Å². The number of alkyl carbamates (subject to hydrolysis) is 1. The summed E-state index contributed by atoms with van der Waals surface area (Å²) in [6, 6.07) is 15.0. The molecular formula is C27H30N2O6. The minimum absolute atomic E-state index is 0.0495. The number of fused-ring (bicyclic) bond motifs is 3. The highest BCUT2D eigenvalue weighted by atomic mass is 16.5. The lowest BCUT2D eigenvalue weighted by Crippen LogP contribution is -2.71. The van der Waals surface area contributed by atoms with Crippen LogP contribution in [0.1, 0.15) is 49.1 Å². The van der Waals surface area contributed by atoms with Gasteiger partial charge >= 0.3 is 12.1 Å². The van der Waals surface area contributed by atoms with Crippen molar-refractivity contribution in [2.75, 3.05) is 20.3 Å². The van der Waals surface area contributed by atoms with Crippen molar-refractivity contribution in [3.63, 3.8) is 0 Å². The number of rotatable bonds is 8. The first kappa shape index (κ1) is 23.4. The molecule has 0 unspecified atom stereocenters. The fourth-order valence-corrected chi connectivity index (χ4v) is 6.03. The topological polar surface area (TPSA) is 114 Å². The SMILES string of the molecule is COC[C@H](NC(=O)C1(NC(=O)OCC2c3ccccc3-c3ccccc32)CC2(CCC2)C1)C(=O)O. The molecule has 5 rings (SSSR count). The lowest BCUT2D eigenvalue weighted by molar-refractivity contribution is -0.151. The maximum atomic E-state index is 13.2. The van der Waals surface area contributed by atoms with Crippen molar-refractivity contribution in [2.24, 2.45) is 5.41 Å². The first-order valence-corrected chi connectivity index (χ1v) is 12.0. The lowest BCUT2D eigenvalue weighted by atomic mass is 9.48. The summed E-state index contributed by atoms with van der Waals surface area (Å²) in [6.07, 6.45) is 3.41. The molecule has 2 aromatic rings. The Kier molecular flexibility index (Phi) is 6.01. The molecule has 2 saturated carbocycles. The van der Waals surface area contributed by atoms with Gasteiger partial charge in [0.1, 0.15) is 12.1 Å². The summed E-state index contributed by atoms with van der Waals surface area (Å²) in [5.41, 5.74) is 3.36. The Morgan fingerprint density at radius 3 is 2.14 bits per heavy atom. The van der Waals surface area contributed by atoms with Crippen molar-refractivity contribution >= 4 is 18.0 Å². The maximum absolute atomic E-state index is 13.2. The molecule has 8 nitrogen and oxygen atoms in total. The number of carboxylic acid groups (broad SMARTS) is 1. The van der Waals surface area contributed by atoms with Gasteiger partial charge in [-0.1, -0.05) is 55.0 Å². The second kappa shape index (κ2) is 9.00. The quantitative estimate of drug-likeness (QED) is 0.536. The van der Waals surface area contributed by atoms with Crippen molar-refractivity contribution < 1.29 is 29.0 Å². The fraction of sp³-hybridized carbons (Fsp3) is 0.444. The number of benzene rings is 2. The van der Waals surface area contributed by atoms with E-state index in [0.29, 0.717) is 12.8 Å². The zero-order chi connectivity index (χ0) is 24.6. The van der Waals surface area contributed by atoms with Gasteiger partial charge in [-0.2, -0.15) is 0 Å². The highest BCUT2D eigenvalue weighted by molar-refractivity contribution is 5.94. The number of aliphatic carboxylic acids is 1. The highest BCUT2D eigenvalue weighted by Gasteiger charge is 2.62. The molecule has 184 valence electrons. The minimum atomic E-state index is -1.19. The Labute approximate surface area is 204 Å². The molecule has 1 atom stereocenters. The van der Waals surface area contributed by atoms with Gasteiger partial charge in [0, 0.05) is 13.0 Å². The molecule has 3 N–H and O–H groups in total. The molecule has 2 amide bonds. The average molecular weight is 479 g/mol. The van der Waals surface area contributed by atoms with Crippen LogP contribution in [0.3, 0.4) is 0 Å². The van der Waals surface area contributed by atoms with Crippen molar-refractivity contribution in [3.8, 4) is 11.1 Å². The number of carbonyl (C=O) groups is 3. The Morgan fingerprint density at radius 2 is 1.63 bits per heavy atom. The second-order valence-electron chi connectivity index (χ2n) is 10.1. The summed E-state index contributed by atoms with van der Waals surface area (Å²) in [7, 11) is 1.37. The largest absolute Gasteiger partial charge is 0.480 e. The molecule has 1 spiro atoms. The van der Waals surface area contributed by atoms with Crippen LogP contribution in [0.4, 0.5) is 4.79 Å². The van der Waals surface area contributed by atoms with Gasteiger partial charge in [0.15, 0.2) is 6.04 Å². The van der Waals surface area contributed by atoms with E-state index in [9.17, 15) is 19.5 Å². The third-order valence-electron chi connectivity index (χ3n) is 7.82. The smallest absolute Gasteiger partial charge is 0.408 e. The number of carbonyl (C=O) groups excluding carboxylic acids is 2. The third kappa shape index (κ3) is 4.16. The normalized spacial score (nSPS) is 19.5. The van der Waals surface area contributed by atoms with Gasteiger partial charge in [-0.3, -0.25) is 4.79 Å². The molecule has 2 fully saturated rings. The van der Waals surface area contributed by atoms with E-state index in [1.807, 2.05) is 36.4 Å².